The van der Waals surface area contributed by atoms with E-state index in [4.69, 9.17) is 5.11 Å². The van der Waals surface area contributed by atoms with Crippen molar-refractivity contribution in [2.45, 2.75) is 25.9 Å². The lowest BCUT2D eigenvalue weighted by atomic mass is 10.2. The molecule has 0 saturated carbocycles. The van der Waals surface area contributed by atoms with Crippen molar-refractivity contribution in [1.82, 2.24) is 15.6 Å². The molecule has 0 spiro atoms. The van der Waals surface area contributed by atoms with Gasteiger partial charge < -0.3 is 15.7 Å². The van der Waals surface area contributed by atoms with Gasteiger partial charge in [0.1, 0.15) is 6.04 Å². The monoisotopic (exact) mass is 297 g/mol. The molecule has 0 bridgehead atoms. The van der Waals surface area contributed by atoms with Gasteiger partial charge in [-0.25, -0.2) is 9.59 Å². The molecule has 7 heteroatoms. The van der Waals surface area contributed by atoms with Gasteiger partial charge in [-0.2, -0.15) is 11.8 Å². The minimum absolute atomic E-state index is 0.271. The third-order valence-corrected chi connectivity index (χ3v) is 3.39. The van der Waals surface area contributed by atoms with Gasteiger partial charge in [-0.15, -0.1) is 0 Å². The van der Waals surface area contributed by atoms with Crippen molar-refractivity contribution in [3.8, 4) is 0 Å². The van der Waals surface area contributed by atoms with Crippen LogP contribution in [0.15, 0.2) is 18.3 Å². The Morgan fingerprint density at radius 2 is 2.25 bits per heavy atom. The Labute approximate surface area is 122 Å². The van der Waals surface area contributed by atoms with Crippen molar-refractivity contribution in [3.05, 3.63) is 29.6 Å². The second-order valence-electron chi connectivity index (χ2n) is 4.27. The normalized spacial score (nSPS) is 11.7. The van der Waals surface area contributed by atoms with Gasteiger partial charge in [0.25, 0.3) is 0 Å². The van der Waals surface area contributed by atoms with E-state index in [1.807, 2.05) is 25.3 Å². The van der Waals surface area contributed by atoms with Crippen molar-refractivity contribution in [2.75, 3.05) is 12.0 Å². The van der Waals surface area contributed by atoms with E-state index in [1.165, 1.54) is 0 Å². The van der Waals surface area contributed by atoms with Crippen LogP contribution in [0.2, 0.25) is 0 Å². The van der Waals surface area contributed by atoms with Crippen LogP contribution in [0.5, 0.6) is 0 Å². The molecule has 0 saturated heterocycles. The van der Waals surface area contributed by atoms with E-state index >= 15 is 0 Å². The van der Waals surface area contributed by atoms with Crippen molar-refractivity contribution >= 4 is 23.8 Å². The van der Waals surface area contributed by atoms with Crippen LogP contribution in [-0.4, -0.2) is 40.1 Å². The number of hydrogen-bond acceptors (Lipinski definition) is 4. The molecule has 1 atom stereocenters. The highest BCUT2D eigenvalue weighted by atomic mass is 32.2. The summed E-state index contributed by atoms with van der Waals surface area (Å²) in [7, 11) is 0. The highest BCUT2D eigenvalue weighted by Crippen LogP contribution is 2.03. The number of urea groups is 1. The van der Waals surface area contributed by atoms with E-state index in [0.717, 1.165) is 11.3 Å². The molecule has 0 radical (unpaired) electrons. The molecule has 110 valence electrons. The Bertz CT molecular complexity index is 468. The van der Waals surface area contributed by atoms with Crippen LogP contribution in [0.4, 0.5) is 4.79 Å². The van der Waals surface area contributed by atoms with Crippen molar-refractivity contribution < 1.29 is 14.7 Å². The largest absolute Gasteiger partial charge is 0.480 e. The van der Waals surface area contributed by atoms with E-state index in [-0.39, 0.29) is 6.54 Å². The zero-order chi connectivity index (χ0) is 15.0. The van der Waals surface area contributed by atoms with E-state index < -0.39 is 18.0 Å². The number of carbonyl (C=O) groups excluding carboxylic acids is 1. The molecule has 2 amide bonds. The van der Waals surface area contributed by atoms with Gasteiger partial charge in [-0.05, 0) is 37.0 Å². The maximum atomic E-state index is 11.7. The second-order valence-corrected chi connectivity index (χ2v) is 5.25. The fourth-order valence-corrected chi connectivity index (χ4v) is 2.04. The number of aliphatic carboxylic acids is 1. The lowest BCUT2D eigenvalue weighted by Gasteiger charge is -2.14. The third kappa shape index (κ3) is 5.48. The Morgan fingerprint density at radius 1 is 1.50 bits per heavy atom. The molecule has 1 aromatic heterocycles. The quantitative estimate of drug-likeness (QED) is 0.707. The predicted molar refractivity (Wildman–Crippen MR) is 78.8 cm³/mol. The topological polar surface area (TPSA) is 91.3 Å². The van der Waals surface area contributed by atoms with Crippen molar-refractivity contribution in [1.29, 1.82) is 0 Å². The molecule has 0 aliphatic carbocycles. The third-order valence-electron chi connectivity index (χ3n) is 2.75. The Balaban J connectivity index is 2.46. The highest BCUT2D eigenvalue weighted by molar-refractivity contribution is 7.98. The minimum Gasteiger partial charge on any atom is -0.480 e. The van der Waals surface area contributed by atoms with Crippen molar-refractivity contribution in [3.63, 3.8) is 0 Å². The molecule has 0 fully saturated rings. The number of nitrogens with one attached hydrogen (secondary N) is 2. The van der Waals surface area contributed by atoms with Gasteiger partial charge in [-0.3, -0.25) is 4.98 Å². The molecule has 3 N–H and O–H groups in total. The van der Waals surface area contributed by atoms with Crippen LogP contribution < -0.4 is 10.6 Å². The highest BCUT2D eigenvalue weighted by Gasteiger charge is 2.19. The van der Waals surface area contributed by atoms with E-state index in [9.17, 15) is 9.59 Å². The number of hydrogen-bond donors (Lipinski definition) is 3. The maximum absolute atomic E-state index is 11.7. The van der Waals surface area contributed by atoms with Crippen LogP contribution in [0.25, 0.3) is 0 Å². The maximum Gasteiger partial charge on any atom is 0.326 e. The fraction of sp³-hybridized carbons (Fsp3) is 0.462. The molecule has 1 rings (SSSR count). The average Bonchev–Trinajstić information content (AvgIpc) is 2.42. The summed E-state index contributed by atoms with van der Waals surface area (Å²) in [6.45, 7) is 2.17. The first-order valence-corrected chi connectivity index (χ1v) is 7.60. The summed E-state index contributed by atoms with van der Waals surface area (Å²) >= 11 is 1.54. The van der Waals surface area contributed by atoms with E-state index in [2.05, 4.69) is 15.6 Å². The summed E-state index contributed by atoms with van der Waals surface area (Å²) in [6.07, 6.45) is 3.94. The van der Waals surface area contributed by atoms with Crippen LogP contribution in [0, 0.1) is 6.92 Å². The average molecular weight is 297 g/mol. The standard InChI is InChI=1S/C13H19N3O3S/c1-9-4-3-6-14-11(9)8-15-13(19)16-10(12(17)18)5-7-20-2/h3-4,6,10H,5,7-8H2,1-2H3,(H,17,18)(H2,15,16,19)/t10-/m1/s1. The van der Waals surface area contributed by atoms with Gasteiger partial charge in [0.15, 0.2) is 0 Å². The Kier molecular flexibility index (Phi) is 6.86. The lowest BCUT2D eigenvalue weighted by Crippen LogP contribution is -2.46. The first-order valence-electron chi connectivity index (χ1n) is 6.21. The number of rotatable bonds is 7. The van der Waals surface area contributed by atoms with Gasteiger partial charge >= 0.3 is 12.0 Å². The number of carboxylic acid groups (broad SMARTS) is 1. The number of nitrogens with zero attached hydrogens (tertiary/aromatic N) is 1. The smallest absolute Gasteiger partial charge is 0.326 e. The van der Waals surface area contributed by atoms with Crippen LogP contribution in [0.1, 0.15) is 17.7 Å². The first kappa shape index (κ1) is 16.3. The molecule has 1 heterocycles. The first-order chi connectivity index (χ1) is 9.54. The SMILES string of the molecule is CSCC[C@@H](NC(=O)NCc1ncccc1C)C(=O)O. The Hall–Kier alpha value is -1.76. The number of aromatic nitrogens is 1. The number of carbonyl (C=O) groups is 2. The number of aryl methyl sites for hydroxylation is 1. The summed E-state index contributed by atoms with van der Waals surface area (Å²) in [5, 5.41) is 14.1. The van der Waals surface area contributed by atoms with E-state index in [1.54, 1.807) is 18.0 Å². The number of thioether (sulfide) groups is 1. The lowest BCUT2D eigenvalue weighted by molar-refractivity contribution is -0.139. The molecule has 6 nitrogen and oxygen atoms in total. The molecule has 0 aliphatic heterocycles. The van der Waals surface area contributed by atoms with Crippen molar-refractivity contribution in [2.24, 2.45) is 0 Å². The predicted octanol–water partition coefficient (Wildman–Crippen LogP) is 1.40. The zero-order valence-corrected chi connectivity index (χ0v) is 12.4. The second kappa shape index (κ2) is 8.42. The van der Waals surface area contributed by atoms with Crippen LogP contribution in [-0.2, 0) is 11.3 Å². The van der Waals surface area contributed by atoms with Crippen LogP contribution >= 0.6 is 11.8 Å². The molecule has 0 aliphatic rings. The molecular formula is C13H19N3O3S. The summed E-state index contributed by atoms with van der Waals surface area (Å²) in [4.78, 5) is 26.8. The fourth-order valence-electron chi connectivity index (χ4n) is 1.57. The Morgan fingerprint density at radius 3 is 2.85 bits per heavy atom. The summed E-state index contributed by atoms with van der Waals surface area (Å²) in [5.41, 5.74) is 1.74. The van der Waals surface area contributed by atoms with Gasteiger partial charge in [0.05, 0.1) is 12.2 Å². The van der Waals surface area contributed by atoms with E-state index in [0.29, 0.717) is 12.2 Å². The molecule has 0 aromatic carbocycles. The molecule has 0 unspecified atom stereocenters. The van der Waals surface area contributed by atoms with Gasteiger partial charge in [0, 0.05) is 6.20 Å². The number of carboxylic acids is 1. The molecule has 20 heavy (non-hydrogen) atoms. The van der Waals surface area contributed by atoms with Crippen LogP contribution in [0.3, 0.4) is 0 Å². The number of pyridine rings is 1. The number of amides is 2. The summed E-state index contributed by atoms with van der Waals surface area (Å²) < 4.78 is 0. The van der Waals surface area contributed by atoms with Gasteiger partial charge in [-0.1, -0.05) is 6.07 Å². The minimum atomic E-state index is -1.02. The zero-order valence-electron chi connectivity index (χ0n) is 11.5. The molecular weight excluding hydrogens is 278 g/mol. The summed E-state index contributed by atoms with van der Waals surface area (Å²) in [6, 6.07) is 2.36. The van der Waals surface area contributed by atoms with Gasteiger partial charge in [0.2, 0.25) is 0 Å². The molecule has 1 aromatic rings. The summed E-state index contributed by atoms with van der Waals surface area (Å²) in [5.74, 6) is -0.348.